The van der Waals surface area contributed by atoms with E-state index in [-0.39, 0.29) is 18.1 Å². The number of rotatable bonds is 4. The minimum Gasteiger partial charge on any atom is -0.363 e. The van der Waals surface area contributed by atoms with Crippen LogP contribution in [0.25, 0.3) is 0 Å². The molecule has 1 aliphatic heterocycles. The SMILES string of the molecule is CN(C)NC(=O)COC1(C)CNC1. The second kappa shape index (κ2) is 4.04. The van der Waals surface area contributed by atoms with Crippen molar-refractivity contribution in [3.05, 3.63) is 0 Å². The number of nitrogens with zero attached hydrogens (tertiary/aromatic N) is 1. The van der Waals surface area contributed by atoms with Gasteiger partial charge in [-0.05, 0) is 6.92 Å². The van der Waals surface area contributed by atoms with Crippen molar-refractivity contribution in [2.45, 2.75) is 12.5 Å². The lowest BCUT2D eigenvalue weighted by Crippen LogP contribution is -2.59. The molecule has 0 bridgehead atoms. The molecule has 5 nitrogen and oxygen atoms in total. The lowest BCUT2D eigenvalue weighted by molar-refractivity contribution is -0.139. The van der Waals surface area contributed by atoms with Crippen LogP contribution in [0.15, 0.2) is 0 Å². The highest BCUT2D eigenvalue weighted by Gasteiger charge is 2.32. The molecular formula is C8H17N3O2. The number of carbonyl (C=O) groups is 1. The van der Waals surface area contributed by atoms with Crippen LogP contribution in [0.3, 0.4) is 0 Å². The van der Waals surface area contributed by atoms with Gasteiger partial charge in [0.05, 0.1) is 5.60 Å². The maximum atomic E-state index is 11.1. The summed E-state index contributed by atoms with van der Waals surface area (Å²) >= 11 is 0. The first kappa shape index (κ1) is 10.4. The van der Waals surface area contributed by atoms with Gasteiger partial charge in [0.2, 0.25) is 0 Å². The van der Waals surface area contributed by atoms with Gasteiger partial charge in [-0.25, -0.2) is 5.01 Å². The molecule has 5 heteroatoms. The highest BCUT2D eigenvalue weighted by Crippen LogP contribution is 2.14. The standard InChI is InChI=1S/C8H17N3O2/c1-8(5-9-6-8)13-4-7(12)10-11(2)3/h9H,4-6H2,1-3H3,(H,10,12). The van der Waals surface area contributed by atoms with Crippen molar-refractivity contribution in [3.63, 3.8) is 0 Å². The fraction of sp³-hybridized carbons (Fsp3) is 0.875. The van der Waals surface area contributed by atoms with Crippen LogP contribution < -0.4 is 10.7 Å². The summed E-state index contributed by atoms with van der Waals surface area (Å²) in [7, 11) is 3.54. The molecule has 1 fully saturated rings. The van der Waals surface area contributed by atoms with Gasteiger partial charge in [-0.1, -0.05) is 0 Å². The number of hydrogen-bond acceptors (Lipinski definition) is 4. The average molecular weight is 187 g/mol. The van der Waals surface area contributed by atoms with Crippen LogP contribution in [0.4, 0.5) is 0 Å². The van der Waals surface area contributed by atoms with E-state index >= 15 is 0 Å². The molecule has 0 radical (unpaired) electrons. The summed E-state index contributed by atoms with van der Waals surface area (Å²) in [5, 5.41) is 4.70. The summed E-state index contributed by atoms with van der Waals surface area (Å²) in [6.45, 7) is 3.76. The van der Waals surface area contributed by atoms with E-state index in [0.29, 0.717) is 0 Å². The Morgan fingerprint density at radius 2 is 2.23 bits per heavy atom. The molecule has 1 aliphatic rings. The van der Waals surface area contributed by atoms with Crippen LogP contribution in [0.5, 0.6) is 0 Å². The summed E-state index contributed by atoms with van der Waals surface area (Å²) in [6.07, 6.45) is 0. The number of amides is 1. The number of hydrazine groups is 1. The lowest BCUT2D eigenvalue weighted by atomic mass is 10.0. The minimum absolute atomic E-state index is 0.113. The van der Waals surface area contributed by atoms with Crippen molar-refractivity contribution in [3.8, 4) is 0 Å². The number of carbonyl (C=O) groups excluding carboxylic acids is 1. The zero-order valence-electron chi connectivity index (χ0n) is 8.39. The van der Waals surface area contributed by atoms with Gasteiger partial charge in [0.1, 0.15) is 6.61 Å². The number of nitrogens with one attached hydrogen (secondary N) is 2. The first-order valence-corrected chi connectivity index (χ1v) is 4.33. The second-order valence-corrected chi connectivity index (χ2v) is 3.77. The zero-order valence-corrected chi connectivity index (χ0v) is 8.39. The van der Waals surface area contributed by atoms with Gasteiger partial charge >= 0.3 is 0 Å². The third kappa shape index (κ3) is 3.30. The Labute approximate surface area is 78.4 Å². The van der Waals surface area contributed by atoms with E-state index in [4.69, 9.17) is 4.74 Å². The molecule has 0 aromatic rings. The van der Waals surface area contributed by atoms with Crippen LogP contribution in [-0.4, -0.2) is 50.3 Å². The third-order valence-electron chi connectivity index (χ3n) is 1.90. The van der Waals surface area contributed by atoms with E-state index in [9.17, 15) is 4.79 Å². The zero-order chi connectivity index (χ0) is 9.90. The molecule has 0 unspecified atom stereocenters. The van der Waals surface area contributed by atoms with Gasteiger partial charge in [0, 0.05) is 27.2 Å². The van der Waals surface area contributed by atoms with Crippen molar-refractivity contribution < 1.29 is 9.53 Å². The van der Waals surface area contributed by atoms with Gasteiger partial charge in [0.15, 0.2) is 0 Å². The molecule has 1 rings (SSSR count). The van der Waals surface area contributed by atoms with Crippen LogP contribution in [0.2, 0.25) is 0 Å². The Hall–Kier alpha value is -0.650. The van der Waals surface area contributed by atoms with Gasteiger partial charge in [-0.2, -0.15) is 0 Å². The van der Waals surface area contributed by atoms with E-state index in [0.717, 1.165) is 13.1 Å². The van der Waals surface area contributed by atoms with Crippen molar-refractivity contribution >= 4 is 5.91 Å². The number of ether oxygens (including phenoxy) is 1. The maximum Gasteiger partial charge on any atom is 0.260 e. The van der Waals surface area contributed by atoms with Crippen molar-refractivity contribution in [2.24, 2.45) is 0 Å². The summed E-state index contributed by atoms with van der Waals surface area (Å²) < 4.78 is 5.43. The smallest absolute Gasteiger partial charge is 0.260 e. The monoisotopic (exact) mass is 187 g/mol. The van der Waals surface area contributed by atoms with Crippen LogP contribution >= 0.6 is 0 Å². The van der Waals surface area contributed by atoms with E-state index in [2.05, 4.69) is 10.7 Å². The Morgan fingerprint density at radius 1 is 1.62 bits per heavy atom. The van der Waals surface area contributed by atoms with Crippen LogP contribution in [0, 0.1) is 0 Å². The molecule has 1 heterocycles. The molecule has 2 N–H and O–H groups in total. The minimum atomic E-state index is -0.149. The lowest BCUT2D eigenvalue weighted by Gasteiger charge is -2.38. The molecule has 0 aromatic carbocycles. The normalized spacial score (nSPS) is 19.7. The second-order valence-electron chi connectivity index (χ2n) is 3.77. The van der Waals surface area contributed by atoms with Gasteiger partial charge in [-0.3, -0.25) is 10.2 Å². The quantitative estimate of drug-likeness (QED) is 0.552. The van der Waals surface area contributed by atoms with E-state index in [1.54, 1.807) is 19.1 Å². The highest BCUT2D eigenvalue weighted by atomic mass is 16.5. The molecule has 13 heavy (non-hydrogen) atoms. The third-order valence-corrected chi connectivity index (χ3v) is 1.90. The Bertz CT molecular complexity index is 190. The van der Waals surface area contributed by atoms with Crippen LogP contribution in [-0.2, 0) is 9.53 Å². The van der Waals surface area contributed by atoms with Crippen molar-refractivity contribution in [1.29, 1.82) is 0 Å². The summed E-state index contributed by atoms with van der Waals surface area (Å²) in [5.74, 6) is -0.113. The molecular weight excluding hydrogens is 170 g/mol. The molecule has 0 spiro atoms. The molecule has 0 aliphatic carbocycles. The Kier molecular flexibility index (Phi) is 3.24. The first-order chi connectivity index (χ1) is 6.02. The summed E-state index contributed by atoms with van der Waals surface area (Å²) in [5.41, 5.74) is 2.46. The molecule has 76 valence electrons. The molecule has 0 aromatic heterocycles. The predicted molar refractivity (Wildman–Crippen MR) is 49.1 cm³/mol. The highest BCUT2D eigenvalue weighted by molar-refractivity contribution is 5.76. The Balaban J connectivity index is 2.14. The number of hydrogen-bond donors (Lipinski definition) is 2. The molecule has 1 saturated heterocycles. The predicted octanol–water partition coefficient (Wildman–Crippen LogP) is -1.04. The van der Waals surface area contributed by atoms with E-state index < -0.39 is 0 Å². The van der Waals surface area contributed by atoms with Gasteiger partial charge < -0.3 is 10.1 Å². The average Bonchev–Trinajstić information content (AvgIpc) is 1.96. The summed E-state index contributed by atoms with van der Waals surface area (Å²) in [6, 6.07) is 0. The molecule has 1 amide bonds. The van der Waals surface area contributed by atoms with Gasteiger partial charge in [-0.15, -0.1) is 0 Å². The topological polar surface area (TPSA) is 53.6 Å². The maximum absolute atomic E-state index is 11.1. The fourth-order valence-electron chi connectivity index (χ4n) is 1.10. The molecule has 0 saturated carbocycles. The van der Waals surface area contributed by atoms with Gasteiger partial charge in [0.25, 0.3) is 5.91 Å². The molecule has 0 atom stereocenters. The van der Waals surface area contributed by atoms with E-state index in [1.807, 2.05) is 6.92 Å². The first-order valence-electron chi connectivity index (χ1n) is 4.33. The fourth-order valence-corrected chi connectivity index (χ4v) is 1.10. The van der Waals surface area contributed by atoms with Crippen LogP contribution in [0.1, 0.15) is 6.92 Å². The Morgan fingerprint density at radius 3 is 2.62 bits per heavy atom. The summed E-state index contributed by atoms with van der Waals surface area (Å²) in [4.78, 5) is 11.1. The largest absolute Gasteiger partial charge is 0.363 e. The van der Waals surface area contributed by atoms with Crippen molar-refractivity contribution in [2.75, 3.05) is 33.8 Å². The van der Waals surface area contributed by atoms with E-state index in [1.165, 1.54) is 0 Å². The van der Waals surface area contributed by atoms with Crippen molar-refractivity contribution in [1.82, 2.24) is 15.8 Å².